The molecule has 1 N–H and O–H groups in total. The molecule has 5 heteroatoms. The quantitative estimate of drug-likeness (QED) is 0.887. The average molecular weight is 255 g/mol. The highest BCUT2D eigenvalue weighted by atomic mass is 32.1. The lowest BCUT2D eigenvalue weighted by atomic mass is 10.3. The summed E-state index contributed by atoms with van der Waals surface area (Å²) in [5, 5.41) is 6.65. The van der Waals surface area contributed by atoms with Gasteiger partial charge < -0.3 is 10.1 Å². The molecule has 1 fully saturated rings. The van der Waals surface area contributed by atoms with Crippen molar-refractivity contribution in [1.82, 2.24) is 15.2 Å². The Morgan fingerprint density at radius 2 is 2.41 bits per heavy atom. The van der Waals surface area contributed by atoms with E-state index in [1.165, 1.54) is 18.7 Å². The normalized spacial score (nSPS) is 20.1. The Labute approximate surface area is 107 Å². The topological polar surface area (TPSA) is 37.4 Å². The maximum absolute atomic E-state index is 5.28. The third-order valence-electron chi connectivity index (χ3n) is 3.09. The number of hydrogen-bond acceptors (Lipinski definition) is 5. The van der Waals surface area contributed by atoms with E-state index < -0.39 is 0 Å². The van der Waals surface area contributed by atoms with E-state index >= 15 is 0 Å². The molecule has 1 aliphatic rings. The van der Waals surface area contributed by atoms with Crippen molar-refractivity contribution in [3.8, 4) is 0 Å². The van der Waals surface area contributed by atoms with Gasteiger partial charge in [0.2, 0.25) is 0 Å². The third-order valence-corrected chi connectivity index (χ3v) is 4.14. The zero-order valence-electron chi connectivity index (χ0n) is 10.6. The summed E-state index contributed by atoms with van der Waals surface area (Å²) in [6, 6.07) is 0. The average Bonchev–Trinajstić information content (AvgIpc) is 2.65. The maximum Gasteiger partial charge on any atom is 0.122 e. The molecular formula is C12H21N3OS. The van der Waals surface area contributed by atoms with Gasteiger partial charge in [0, 0.05) is 32.1 Å². The Balaban J connectivity index is 1.91. The fourth-order valence-electron chi connectivity index (χ4n) is 1.97. The molecule has 1 aromatic heterocycles. The Hall–Kier alpha value is -0.490. The van der Waals surface area contributed by atoms with Crippen LogP contribution in [0.4, 0.5) is 0 Å². The van der Waals surface area contributed by atoms with Gasteiger partial charge in [0.25, 0.3) is 0 Å². The minimum absolute atomic E-state index is 0.111. The molecule has 0 unspecified atom stereocenters. The molecular weight excluding hydrogens is 234 g/mol. The van der Waals surface area contributed by atoms with Crippen LogP contribution >= 0.6 is 11.3 Å². The van der Waals surface area contributed by atoms with Crippen LogP contribution < -0.4 is 5.32 Å². The van der Waals surface area contributed by atoms with E-state index in [1.54, 1.807) is 18.4 Å². The monoisotopic (exact) mass is 255 g/mol. The van der Waals surface area contributed by atoms with Gasteiger partial charge in [-0.3, -0.25) is 4.90 Å². The standard InChI is InChI=1S/C12H21N3OS/c1-10(16-2)12-14-11(9-17-12)8-15-6-3-4-13-5-7-15/h9-10,13H,3-8H2,1-2H3/t10-/m1/s1. The number of thiazole rings is 1. The summed E-state index contributed by atoms with van der Waals surface area (Å²) in [6.45, 7) is 7.52. The van der Waals surface area contributed by atoms with Crippen LogP contribution in [0.15, 0.2) is 5.38 Å². The van der Waals surface area contributed by atoms with Crippen LogP contribution in [0, 0.1) is 0 Å². The van der Waals surface area contributed by atoms with Gasteiger partial charge in [0.1, 0.15) is 11.1 Å². The van der Waals surface area contributed by atoms with Crippen LogP contribution in [0.5, 0.6) is 0 Å². The number of ether oxygens (including phenoxy) is 1. The Bertz CT molecular complexity index is 334. The van der Waals surface area contributed by atoms with Crippen molar-refractivity contribution in [2.45, 2.75) is 26.0 Å². The van der Waals surface area contributed by atoms with Gasteiger partial charge in [-0.05, 0) is 26.4 Å². The van der Waals surface area contributed by atoms with E-state index in [0.717, 1.165) is 31.2 Å². The highest BCUT2D eigenvalue weighted by Gasteiger charge is 2.13. The van der Waals surface area contributed by atoms with Crippen LogP contribution in [0.25, 0.3) is 0 Å². The number of nitrogens with zero attached hydrogens (tertiary/aromatic N) is 2. The smallest absolute Gasteiger partial charge is 0.122 e. The second-order valence-corrected chi connectivity index (χ2v) is 5.32. The van der Waals surface area contributed by atoms with Gasteiger partial charge in [-0.1, -0.05) is 0 Å². The summed E-state index contributed by atoms with van der Waals surface area (Å²) in [5.41, 5.74) is 1.18. The molecule has 2 rings (SSSR count). The molecule has 96 valence electrons. The summed E-state index contributed by atoms with van der Waals surface area (Å²) in [4.78, 5) is 7.11. The molecule has 0 aliphatic carbocycles. The van der Waals surface area contributed by atoms with Gasteiger partial charge in [0.15, 0.2) is 0 Å². The number of nitrogens with one attached hydrogen (secondary N) is 1. The number of rotatable bonds is 4. The Kier molecular flexibility index (Phi) is 4.91. The van der Waals surface area contributed by atoms with Gasteiger partial charge in [-0.2, -0.15) is 0 Å². The molecule has 0 saturated carbocycles. The van der Waals surface area contributed by atoms with Gasteiger partial charge in [-0.25, -0.2) is 4.98 Å². The minimum Gasteiger partial charge on any atom is -0.375 e. The highest BCUT2D eigenvalue weighted by Crippen LogP contribution is 2.21. The lowest BCUT2D eigenvalue weighted by Gasteiger charge is -2.17. The van der Waals surface area contributed by atoms with Crippen molar-refractivity contribution in [2.75, 3.05) is 33.3 Å². The Morgan fingerprint density at radius 3 is 3.24 bits per heavy atom. The predicted octanol–water partition coefficient (Wildman–Crippen LogP) is 1.65. The lowest BCUT2D eigenvalue weighted by Crippen LogP contribution is -2.27. The molecule has 4 nitrogen and oxygen atoms in total. The summed E-state index contributed by atoms with van der Waals surface area (Å²) in [7, 11) is 1.73. The maximum atomic E-state index is 5.28. The molecule has 2 heterocycles. The van der Waals surface area contributed by atoms with Crippen molar-refractivity contribution < 1.29 is 4.74 Å². The summed E-state index contributed by atoms with van der Waals surface area (Å²) in [5.74, 6) is 0. The second kappa shape index (κ2) is 6.44. The summed E-state index contributed by atoms with van der Waals surface area (Å²) in [6.07, 6.45) is 1.34. The molecule has 0 radical (unpaired) electrons. The number of hydrogen-bond donors (Lipinski definition) is 1. The SMILES string of the molecule is CO[C@H](C)c1nc(CN2CCCNCC2)cs1. The summed E-state index contributed by atoms with van der Waals surface area (Å²) < 4.78 is 5.28. The van der Waals surface area contributed by atoms with Crippen LogP contribution in [-0.4, -0.2) is 43.2 Å². The van der Waals surface area contributed by atoms with E-state index in [0.29, 0.717) is 0 Å². The first-order valence-electron chi connectivity index (χ1n) is 6.20. The van der Waals surface area contributed by atoms with Crippen LogP contribution in [0.1, 0.15) is 30.2 Å². The zero-order valence-corrected chi connectivity index (χ0v) is 11.4. The predicted molar refractivity (Wildman–Crippen MR) is 70.3 cm³/mol. The highest BCUT2D eigenvalue weighted by molar-refractivity contribution is 7.09. The van der Waals surface area contributed by atoms with Crippen molar-refractivity contribution in [1.29, 1.82) is 0 Å². The van der Waals surface area contributed by atoms with Crippen LogP contribution in [0.2, 0.25) is 0 Å². The summed E-state index contributed by atoms with van der Waals surface area (Å²) >= 11 is 1.70. The van der Waals surface area contributed by atoms with E-state index in [9.17, 15) is 0 Å². The van der Waals surface area contributed by atoms with Gasteiger partial charge in [0.05, 0.1) is 5.69 Å². The Morgan fingerprint density at radius 1 is 1.53 bits per heavy atom. The van der Waals surface area contributed by atoms with E-state index in [2.05, 4.69) is 20.6 Å². The number of aromatic nitrogens is 1. The molecule has 0 aromatic carbocycles. The van der Waals surface area contributed by atoms with Crippen molar-refractivity contribution in [3.05, 3.63) is 16.1 Å². The molecule has 0 spiro atoms. The first-order chi connectivity index (χ1) is 8.29. The molecule has 17 heavy (non-hydrogen) atoms. The van der Waals surface area contributed by atoms with Crippen LogP contribution in [-0.2, 0) is 11.3 Å². The molecule has 1 atom stereocenters. The fraction of sp³-hybridized carbons (Fsp3) is 0.750. The second-order valence-electron chi connectivity index (χ2n) is 4.43. The van der Waals surface area contributed by atoms with Crippen molar-refractivity contribution >= 4 is 11.3 Å². The van der Waals surface area contributed by atoms with E-state index in [1.807, 2.05) is 6.92 Å². The van der Waals surface area contributed by atoms with E-state index in [4.69, 9.17) is 4.74 Å². The largest absolute Gasteiger partial charge is 0.375 e. The zero-order chi connectivity index (χ0) is 12.1. The molecule has 1 aromatic rings. The minimum atomic E-state index is 0.111. The first-order valence-corrected chi connectivity index (χ1v) is 7.07. The van der Waals surface area contributed by atoms with Crippen LogP contribution in [0.3, 0.4) is 0 Å². The fourth-order valence-corrected chi connectivity index (χ4v) is 2.81. The first kappa shape index (κ1) is 13.0. The third kappa shape index (κ3) is 3.74. The van der Waals surface area contributed by atoms with Crippen molar-refractivity contribution in [3.63, 3.8) is 0 Å². The lowest BCUT2D eigenvalue weighted by molar-refractivity contribution is 0.119. The van der Waals surface area contributed by atoms with E-state index in [-0.39, 0.29) is 6.10 Å². The van der Waals surface area contributed by atoms with Gasteiger partial charge in [-0.15, -0.1) is 11.3 Å². The molecule has 0 amide bonds. The molecule has 0 bridgehead atoms. The van der Waals surface area contributed by atoms with Crippen molar-refractivity contribution in [2.24, 2.45) is 0 Å². The molecule has 1 aliphatic heterocycles. The number of methoxy groups -OCH3 is 1. The molecule has 1 saturated heterocycles. The van der Waals surface area contributed by atoms with Gasteiger partial charge >= 0.3 is 0 Å².